The van der Waals surface area contributed by atoms with E-state index >= 15 is 0 Å². The van der Waals surface area contributed by atoms with Gasteiger partial charge in [0, 0.05) is 13.1 Å². The normalized spacial score (nSPS) is 9.94. The molecule has 2 amide bonds. The van der Waals surface area contributed by atoms with Gasteiger partial charge in [0.25, 0.3) is 0 Å². The fourth-order valence-electron chi connectivity index (χ4n) is 1.47. The summed E-state index contributed by atoms with van der Waals surface area (Å²) < 4.78 is 0. The third-order valence-corrected chi connectivity index (χ3v) is 2.43. The lowest BCUT2D eigenvalue weighted by Crippen LogP contribution is -2.37. The van der Waals surface area contributed by atoms with Crippen LogP contribution in [0.15, 0.2) is 24.3 Å². The maximum Gasteiger partial charge on any atom is 0.314 e. The van der Waals surface area contributed by atoms with E-state index in [1.165, 1.54) is 0 Å². The molecule has 17 heavy (non-hydrogen) atoms. The summed E-state index contributed by atoms with van der Waals surface area (Å²) in [5.74, 6) is 0.259. The zero-order valence-electron chi connectivity index (χ0n) is 10.2. The van der Waals surface area contributed by atoms with Crippen molar-refractivity contribution < 1.29 is 9.90 Å². The first-order valence-electron chi connectivity index (χ1n) is 6.02. The molecule has 0 saturated heterocycles. The average Bonchev–Trinajstić information content (AvgIpc) is 2.29. The van der Waals surface area contributed by atoms with Crippen LogP contribution in [0, 0.1) is 0 Å². The van der Waals surface area contributed by atoms with Crippen molar-refractivity contribution in [3.05, 3.63) is 29.8 Å². The zero-order chi connectivity index (χ0) is 12.5. The summed E-state index contributed by atoms with van der Waals surface area (Å²) in [7, 11) is 0. The molecule has 0 fully saturated rings. The third kappa shape index (κ3) is 5.80. The van der Waals surface area contributed by atoms with Gasteiger partial charge in [-0.3, -0.25) is 0 Å². The number of unbranched alkanes of at least 4 members (excludes halogenated alkanes) is 1. The van der Waals surface area contributed by atoms with Crippen molar-refractivity contribution in [2.45, 2.75) is 26.2 Å². The van der Waals surface area contributed by atoms with Gasteiger partial charge in [0.05, 0.1) is 0 Å². The second-order valence-corrected chi connectivity index (χ2v) is 3.96. The molecule has 0 aromatic heterocycles. The molecule has 0 atom stereocenters. The van der Waals surface area contributed by atoms with Gasteiger partial charge in [-0.2, -0.15) is 0 Å². The molecule has 0 aliphatic carbocycles. The lowest BCUT2D eigenvalue weighted by atomic mass is 10.1. The molecule has 0 saturated carbocycles. The van der Waals surface area contributed by atoms with Crippen LogP contribution in [0.1, 0.15) is 25.3 Å². The molecule has 0 heterocycles. The van der Waals surface area contributed by atoms with Crippen molar-refractivity contribution in [3.8, 4) is 5.75 Å². The molecular weight excluding hydrogens is 216 g/mol. The van der Waals surface area contributed by atoms with Crippen molar-refractivity contribution in [2.24, 2.45) is 0 Å². The molecule has 4 nitrogen and oxygen atoms in total. The molecular formula is C13H20N2O2. The molecule has 0 unspecified atom stereocenters. The second kappa shape index (κ2) is 7.54. The van der Waals surface area contributed by atoms with Crippen molar-refractivity contribution in [1.29, 1.82) is 0 Å². The van der Waals surface area contributed by atoms with Crippen molar-refractivity contribution in [1.82, 2.24) is 10.6 Å². The minimum absolute atomic E-state index is 0.126. The minimum Gasteiger partial charge on any atom is -0.508 e. The molecule has 0 spiro atoms. The zero-order valence-corrected chi connectivity index (χ0v) is 10.2. The molecule has 0 bridgehead atoms. The number of carbonyl (C=O) groups is 1. The molecule has 0 aliphatic heterocycles. The van der Waals surface area contributed by atoms with Gasteiger partial charge >= 0.3 is 6.03 Å². The Hall–Kier alpha value is -1.71. The topological polar surface area (TPSA) is 61.4 Å². The van der Waals surface area contributed by atoms with Gasteiger partial charge in [-0.1, -0.05) is 25.5 Å². The Kier molecular flexibility index (Phi) is 5.93. The Balaban J connectivity index is 2.17. The highest BCUT2D eigenvalue weighted by Crippen LogP contribution is 2.10. The fourth-order valence-corrected chi connectivity index (χ4v) is 1.47. The molecule has 1 aromatic carbocycles. The van der Waals surface area contributed by atoms with Crippen LogP contribution >= 0.6 is 0 Å². The number of aromatic hydroxyl groups is 1. The Bertz CT molecular complexity index is 353. The monoisotopic (exact) mass is 236 g/mol. The van der Waals surface area contributed by atoms with E-state index in [0.717, 1.165) is 24.8 Å². The molecule has 0 radical (unpaired) electrons. The van der Waals surface area contributed by atoms with Crippen LogP contribution in [-0.4, -0.2) is 24.2 Å². The van der Waals surface area contributed by atoms with E-state index in [1.807, 2.05) is 6.07 Å². The highest BCUT2D eigenvalue weighted by molar-refractivity contribution is 5.73. The Morgan fingerprint density at radius 1 is 1.29 bits per heavy atom. The maximum atomic E-state index is 11.3. The SMILES string of the molecule is CCCCNC(=O)NCCc1cccc(O)c1. The van der Waals surface area contributed by atoms with Gasteiger partial charge in [-0.15, -0.1) is 0 Å². The first-order chi connectivity index (χ1) is 8.22. The number of nitrogens with one attached hydrogen (secondary N) is 2. The predicted octanol–water partition coefficient (Wildman–Crippen LogP) is 2.03. The Morgan fingerprint density at radius 2 is 2.06 bits per heavy atom. The molecule has 4 heteroatoms. The highest BCUT2D eigenvalue weighted by Gasteiger charge is 1.99. The lowest BCUT2D eigenvalue weighted by Gasteiger charge is -2.07. The molecule has 94 valence electrons. The van der Waals surface area contributed by atoms with Gasteiger partial charge in [-0.05, 0) is 30.5 Å². The van der Waals surface area contributed by atoms with Crippen molar-refractivity contribution >= 4 is 6.03 Å². The van der Waals surface area contributed by atoms with Gasteiger partial charge in [0.1, 0.15) is 5.75 Å². The van der Waals surface area contributed by atoms with E-state index in [1.54, 1.807) is 18.2 Å². The summed E-state index contributed by atoms with van der Waals surface area (Å²) in [4.78, 5) is 11.3. The van der Waals surface area contributed by atoms with Crippen LogP contribution in [0.2, 0.25) is 0 Å². The second-order valence-electron chi connectivity index (χ2n) is 3.96. The number of hydrogen-bond acceptors (Lipinski definition) is 2. The van der Waals surface area contributed by atoms with E-state index in [-0.39, 0.29) is 11.8 Å². The standard InChI is InChI=1S/C13H20N2O2/c1-2-3-8-14-13(17)15-9-7-11-5-4-6-12(16)10-11/h4-6,10,16H,2-3,7-9H2,1H3,(H2,14,15,17). The molecule has 1 aromatic rings. The summed E-state index contributed by atoms with van der Waals surface area (Å²) in [6.07, 6.45) is 2.79. The molecule has 1 rings (SSSR count). The molecule has 0 aliphatic rings. The largest absolute Gasteiger partial charge is 0.508 e. The lowest BCUT2D eigenvalue weighted by molar-refractivity contribution is 0.241. The number of rotatable bonds is 6. The predicted molar refractivity (Wildman–Crippen MR) is 68.1 cm³/mol. The number of phenols is 1. The smallest absolute Gasteiger partial charge is 0.314 e. The van der Waals surface area contributed by atoms with E-state index in [4.69, 9.17) is 0 Å². The van der Waals surface area contributed by atoms with E-state index in [9.17, 15) is 9.90 Å². The van der Waals surface area contributed by atoms with Crippen LogP contribution in [-0.2, 0) is 6.42 Å². The minimum atomic E-state index is -0.126. The first kappa shape index (κ1) is 13.4. The van der Waals surface area contributed by atoms with Crippen molar-refractivity contribution in [2.75, 3.05) is 13.1 Å². The summed E-state index contributed by atoms with van der Waals surface area (Å²) in [6, 6.07) is 6.94. The van der Waals surface area contributed by atoms with Gasteiger partial charge in [0.2, 0.25) is 0 Å². The summed E-state index contributed by atoms with van der Waals surface area (Å²) in [5, 5.41) is 14.8. The van der Waals surface area contributed by atoms with Crippen LogP contribution in [0.5, 0.6) is 5.75 Å². The number of amides is 2. The number of phenolic OH excluding ortho intramolecular Hbond substituents is 1. The Labute approximate surface area is 102 Å². The van der Waals surface area contributed by atoms with Gasteiger partial charge < -0.3 is 15.7 Å². The average molecular weight is 236 g/mol. The van der Waals surface area contributed by atoms with E-state index in [2.05, 4.69) is 17.6 Å². The van der Waals surface area contributed by atoms with Crippen LogP contribution < -0.4 is 10.6 Å². The van der Waals surface area contributed by atoms with Gasteiger partial charge in [-0.25, -0.2) is 4.79 Å². The van der Waals surface area contributed by atoms with E-state index < -0.39 is 0 Å². The third-order valence-electron chi connectivity index (χ3n) is 2.43. The molecule has 3 N–H and O–H groups in total. The first-order valence-corrected chi connectivity index (χ1v) is 6.02. The van der Waals surface area contributed by atoms with Crippen LogP contribution in [0.25, 0.3) is 0 Å². The van der Waals surface area contributed by atoms with Crippen LogP contribution in [0.3, 0.4) is 0 Å². The number of benzene rings is 1. The van der Waals surface area contributed by atoms with E-state index in [0.29, 0.717) is 13.1 Å². The number of urea groups is 1. The fraction of sp³-hybridized carbons (Fsp3) is 0.462. The quantitative estimate of drug-likeness (QED) is 0.662. The van der Waals surface area contributed by atoms with Crippen LogP contribution in [0.4, 0.5) is 4.79 Å². The summed E-state index contributed by atoms with van der Waals surface area (Å²) in [6.45, 7) is 3.37. The number of hydrogen-bond donors (Lipinski definition) is 3. The highest BCUT2D eigenvalue weighted by atomic mass is 16.3. The summed E-state index contributed by atoms with van der Waals surface area (Å²) in [5.41, 5.74) is 1.01. The Morgan fingerprint density at radius 3 is 2.76 bits per heavy atom. The summed E-state index contributed by atoms with van der Waals surface area (Å²) >= 11 is 0. The van der Waals surface area contributed by atoms with Gasteiger partial charge in [0.15, 0.2) is 0 Å². The van der Waals surface area contributed by atoms with Crippen molar-refractivity contribution in [3.63, 3.8) is 0 Å². The maximum absolute atomic E-state index is 11.3. The number of carbonyl (C=O) groups excluding carboxylic acids is 1.